The van der Waals surface area contributed by atoms with E-state index in [0.717, 1.165) is 19.6 Å². The average Bonchev–Trinajstić information content (AvgIpc) is 2.90. The van der Waals surface area contributed by atoms with Crippen LogP contribution in [0.25, 0.3) is 0 Å². The van der Waals surface area contributed by atoms with E-state index < -0.39 is 0 Å². The van der Waals surface area contributed by atoms with E-state index >= 15 is 0 Å². The molecule has 0 bridgehead atoms. The molecule has 0 saturated carbocycles. The van der Waals surface area contributed by atoms with Gasteiger partial charge in [0.05, 0.1) is 18.1 Å². The van der Waals surface area contributed by atoms with Crippen LogP contribution in [0, 0.1) is 6.92 Å². The van der Waals surface area contributed by atoms with Crippen LogP contribution in [-0.4, -0.2) is 19.6 Å². The first kappa shape index (κ1) is 11.9. The highest BCUT2D eigenvalue weighted by molar-refractivity contribution is 5.15. The molecule has 2 heterocycles. The van der Waals surface area contributed by atoms with Crippen LogP contribution in [0.15, 0.2) is 18.6 Å². The molecule has 2 aromatic heterocycles. The first-order valence-corrected chi connectivity index (χ1v) is 5.90. The molecular weight excluding hydrogens is 214 g/mol. The Hall–Kier alpha value is -1.62. The van der Waals surface area contributed by atoms with E-state index in [-0.39, 0.29) is 0 Å². The topological polar surface area (TPSA) is 47.7 Å². The van der Waals surface area contributed by atoms with Crippen molar-refractivity contribution in [3.05, 3.63) is 35.4 Å². The van der Waals surface area contributed by atoms with Crippen molar-refractivity contribution in [1.29, 1.82) is 0 Å². The van der Waals surface area contributed by atoms with E-state index in [0.29, 0.717) is 0 Å². The van der Waals surface area contributed by atoms with Crippen molar-refractivity contribution in [1.82, 2.24) is 24.9 Å². The molecule has 1 N–H and O–H groups in total. The summed E-state index contributed by atoms with van der Waals surface area (Å²) >= 11 is 0. The lowest BCUT2D eigenvalue weighted by molar-refractivity contribution is 0.622. The summed E-state index contributed by atoms with van der Waals surface area (Å²) in [5.74, 6) is 0. The largest absolute Gasteiger partial charge is 0.307 e. The SMILES string of the molecule is CCn1cc(CNCc2c(C)cnn2C)cn1. The fourth-order valence-electron chi connectivity index (χ4n) is 1.82. The lowest BCUT2D eigenvalue weighted by atomic mass is 10.2. The Kier molecular flexibility index (Phi) is 3.58. The third kappa shape index (κ3) is 2.74. The Bertz CT molecular complexity index is 463. The molecule has 0 aliphatic rings. The maximum atomic E-state index is 4.24. The van der Waals surface area contributed by atoms with Gasteiger partial charge in [-0.2, -0.15) is 10.2 Å². The third-order valence-electron chi connectivity index (χ3n) is 2.90. The molecule has 0 aliphatic carbocycles. The minimum absolute atomic E-state index is 0.833. The Labute approximate surface area is 101 Å². The predicted molar refractivity (Wildman–Crippen MR) is 66.4 cm³/mol. The summed E-state index contributed by atoms with van der Waals surface area (Å²) < 4.78 is 3.85. The summed E-state index contributed by atoms with van der Waals surface area (Å²) in [5.41, 5.74) is 3.67. The summed E-state index contributed by atoms with van der Waals surface area (Å²) in [5, 5.41) is 11.9. The lowest BCUT2D eigenvalue weighted by Gasteiger charge is -2.05. The van der Waals surface area contributed by atoms with Crippen LogP contribution in [0.5, 0.6) is 0 Å². The van der Waals surface area contributed by atoms with E-state index in [1.54, 1.807) is 0 Å². The van der Waals surface area contributed by atoms with Gasteiger partial charge in [0.2, 0.25) is 0 Å². The monoisotopic (exact) mass is 233 g/mol. The molecule has 0 atom stereocenters. The van der Waals surface area contributed by atoms with Crippen LogP contribution in [0.1, 0.15) is 23.7 Å². The van der Waals surface area contributed by atoms with E-state index in [1.165, 1.54) is 16.8 Å². The van der Waals surface area contributed by atoms with Gasteiger partial charge < -0.3 is 5.32 Å². The average molecular weight is 233 g/mol. The normalized spacial score (nSPS) is 11.0. The maximum absolute atomic E-state index is 4.24. The van der Waals surface area contributed by atoms with Crippen molar-refractivity contribution in [2.24, 2.45) is 7.05 Å². The predicted octanol–water partition coefficient (Wildman–Crippen LogP) is 1.23. The van der Waals surface area contributed by atoms with Gasteiger partial charge in [0.1, 0.15) is 0 Å². The molecule has 0 radical (unpaired) electrons. The molecule has 5 heteroatoms. The van der Waals surface area contributed by atoms with Crippen molar-refractivity contribution in [3.8, 4) is 0 Å². The molecule has 92 valence electrons. The molecule has 0 saturated heterocycles. The van der Waals surface area contributed by atoms with E-state index in [2.05, 4.69) is 35.6 Å². The highest BCUT2D eigenvalue weighted by Crippen LogP contribution is 2.05. The zero-order valence-corrected chi connectivity index (χ0v) is 10.6. The lowest BCUT2D eigenvalue weighted by Crippen LogP contribution is -2.15. The molecule has 2 rings (SSSR count). The minimum atomic E-state index is 0.833. The van der Waals surface area contributed by atoms with E-state index in [1.807, 2.05) is 28.8 Å². The van der Waals surface area contributed by atoms with Crippen LogP contribution in [0.2, 0.25) is 0 Å². The molecule has 0 unspecified atom stereocenters. The van der Waals surface area contributed by atoms with Gasteiger partial charge in [-0.1, -0.05) is 0 Å². The van der Waals surface area contributed by atoms with Crippen molar-refractivity contribution >= 4 is 0 Å². The standard InChI is InChI=1S/C12H19N5/c1-4-17-9-11(7-15-17)6-13-8-12-10(2)5-14-16(12)3/h5,7,9,13H,4,6,8H2,1-3H3. The van der Waals surface area contributed by atoms with Crippen LogP contribution in [0.3, 0.4) is 0 Å². The highest BCUT2D eigenvalue weighted by atomic mass is 15.3. The minimum Gasteiger partial charge on any atom is -0.307 e. The van der Waals surface area contributed by atoms with Crippen molar-refractivity contribution in [3.63, 3.8) is 0 Å². The third-order valence-corrected chi connectivity index (χ3v) is 2.90. The van der Waals surface area contributed by atoms with Gasteiger partial charge >= 0.3 is 0 Å². The van der Waals surface area contributed by atoms with Crippen LogP contribution in [0.4, 0.5) is 0 Å². The Morgan fingerprint density at radius 1 is 1.24 bits per heavy atom. The smallest absolute Gasteiger partial charge is 0.0547 e. The van der Waals surface area contributed by atoms with Gasteiger partial charge in [-0.05, 0) is 19.4 Å². The van der Waals surface area contributed by atoms with Crippen LogP contribution < -0.4 is 5.32 Å². The number of hydrogen-bond donors (Lipinski definition) is 1. The maximum Gasteiger partial charge on any atom is 0.0547 e. The number of rotatable bonds is 5. The summed E-state index contributed by atoms with van der Waals surface area (Å²) in [6.07, 6.45) is 5.88. The second-order valence-corrected chi connectivity index (χ2v) is 4.21. The molecular formula is C12H19N5. The second kappa shape index (κ2) is 5.14. The van der Waals surface area contributed by atoms with Crippen molar-refractivity contribution < 1.29 is 0 Å². The van der Waals surface area contributed by atoms with Crippen LogP contribution >= 0.6 is 0 Å². The number of nitrogens with one attached hydrogen (secondary N) is 1. The first-order chi connectivity index (χ1) is 8.20. The Morgan fingerprint density at radius 3 is 2.65 bits per heavy atom. The number of hydrogen-bond acceptors (Lipinski definition) is 3. The van der Waals surface area contributed by atoms with Gasteiger partial charge in [-0.3, -0.25) is 9.36 Å². The van der Waals surface area contributed by atoms with Gasteiger partial charge in [-0.25, -0.2) is 0 Å². The van der Waals surface area contributed by atoms with Crippen molar-refractivity contribution in [2.75, 3.05) is 0 Å². The van der Waals surface area contributed by atoms with E-state index in [4.69, 9.17) is 0 Å². The van der Waals surface area contributed by atoms with Gasteiger partial charge in [-0.15, -0.1) is 0 Å². The summed E-state index contributed by atoms with van der Waals surface area (Å²) in [6.45, 7) is 6.76. The molecule has 0 aromatic carbocycles. The zero-order chi connectivity index (χ0) is 12.3. The zero-order valence-electron chi connectivity index (χ0n) is 10.6. The molecule has 2 aromatic rings. The van der Waals surface area contributed by atoms with E-state index in [9.17, 15) is 0 Å². The van der Waals surface area contributed by atoms with Gasteiger partial charge in [0.15, 0.2) is 0 Å². The molecule has 0 fully saturated rings. The number of aryl methyl sites for hydroxylation is 3. The number of nitrogens with zero attached hydrogens (tertiary/aromatic N) is 4. The van der Waals surface area contributed by atoms with Crippen molar-refractivity contribution in [2.45, 2.75) is 33.5 Å². The fraction of sp³-hybridized carbons (Fsp3) is 0.500. The molecule has 5 nitrogen and oxygen atoms in total. The Balaban J connectivity index is 1.87. The van der Waals surface area contributed by atoms with Gasteiger partial charge in [0.25, 0.3) is 0 Å². The molecule has 0 amide bonds. The van der Waals surface area contributed by atoms with Gasteiger partial charge in [0, 0.05) is 38.4 Å². The highest BCUT2D eigenvalue weighted by Gasteiger charge is 2.04. The van der Waals surface area contributed by atoms with Crippen LogP contribution in [-0.2, 0) is 26.7 Å². The summed E-state index contributed by atoms with van der Waals surface area (Å²) in [7, 11) is 1.97. The second-order valence-electron chi connectivity index (χ2n) is 4.21. The quantitative estimate of drug-likeness (QED) is 0.845. The fourth-order valence-corrected chi connectivity index (χ4v) is 1.82. The summed E-state index contributed by atoms with van der Waals surface area (Å²) in [6, 6.07) is 0. The molecule has 0 aliphatic heterocycles. The summed E-state index contributed by atoms with van der Waals surface area (Å²) in [4.78, 5) is 0. The molecule has 0 spiro atoms. The Morgan fingerprint density at radius 2 is 2.06 bits per heavy atom. The molecule has 17 heavy (non-hydrogen) atoms. The first-order valence-electron chi connectivity index (χ1n) is 5.90. The number of aromatic nitrogens is 4.